The highest BCUT2D eigenvalue weighted by Gasteiger charge is 2.25. The number of benzene rings is 2. The van der Waals surface area contributed by atoms with E-state index in [2.05, 4.69) is 20.9 Å². The highest BCUT2D eigenvalue weighted by Crippen LogP contribution is 2.29. The van der Waals surface area contributed by atoms with Crippen molar-refractivity contribution in [2.75, 3.05) is 16.3 Å². The van der Waals surface area contributed by atoms with Crippen molar-refractivity contribution in [1.29, 1.82) is 0 Å². The summed E-state index contributed by atoms with van der Waals surface area (Å²) in [4.78, 5) is 0. The predicted octanol–water partition coefficient (Wildman–Crippen LogP) is 2.39. The number of phenols is 1. The summed E-state index contributed by atoms with van der Waals surface area (Å²) in [5.41, 5.74) is 8.53. The van der Waals surface area contributed by atoms with Crippen molar-refractivity contribution in [3.63, 3.8) is 0 Å². The summed E-state index contributed by atoms with van der Waals surface area (Å²) >= 11 is 6.23. The Hall–Kier alpha value is -2.00. The molecule has 2 unspecified atom stereocenters. The van der Waals surface area contributed by atoms with Crippen LogP contribution in [0.5, 0.6) is 5.75 Å². The molecule has 0 aromatic heterocycles. The van der Waals surface area contributed by atoms with Gasteiger partial charge in [0.05, 0.1) is 28.8 Å². The van der Waals surface area contributed by atoms with Gasteiger partial charge in [-0.25, -0.2) is 19.3 Å². The second kappa shape index (κ2) is 7.09. The Bertz CT molecular complexity index is 858. The lowest BCUT2D eigenvalue weighted by molar-refractivity contribution is 0.474. The van der Waals surface area contributed by atoms with Crippen LogP contribution in [0.2, 0.25) is 5.02 Å². The zero-order valence-electron chi connectivity index (χ0n) is 13.5. The molecule has 1 aliphatic heterocycles. The number of sulfonamides is 1. The van der Waals surface area contributed by atoms with Crippen LogP contribution >= 0.6 is 11.6 Å². The van der Waals surface area contributed by atoms with Crippen LogP contribution in [0, 0.1) is 0 Å². The second-order valence-corrected chi connectivity index (χ2v) is 8.09. The first kappa shape index (κ1) is 17.8. The van der Waals surface area contributed by atoms with Crippen molar-refractivity contribution in [1.82, 2.24) is 10.9 Å². The molecule has 3 rings (SSSR count). The van der Waals surface area contributed by atoms with E-state index in [0.29, 0.717) is 16.4 Å². The Kier molecular flexibility index (Phi) is 5.05. The van der Waals surface area contributed by atoms with Gasteiger partial charge in [0.1, 0.15) is 5.75 Å². The van der Waals surface area contributed by atoms with Gasteiger partial charge in [-0.15, -0.1) is 0 Å². The first-order valence-corrected chi connectivity index (χ1v) is 9.91. The summed E-state index contributed by atoms with van der Waals surface area (Å²) in [6.45, 7) is 0. The number of hydrazine groups is 1. The number of aromatic hydroxyl groups is 1. The quantitative estimate of drug-likeness (QED) is 0.544. The van der Waals surface area contributed by atoms with Gasteiger partial charge in [-0.1, -0.05) is 23.7 Å². The van der Waals surface area contributed by atoms with Gasteiger partial charge in [0.15, 0.2) is 0 Å². The van der Waals surface area contributed by atoms with Crippen LogP contribution in [0.4, 0.5) is 11.4 Å². The molecule has 0 amide bonds. The lowest BCUT2D eigenvalue weighted by Gasteiger charge is -2.16. The fraction of sp³-hybridized carbons (Fsp3) is 0.250. The van der Waals surface area contributed by atoms with Crippen molar-refractivity contribution in [3.05, 3.63) is 53.1 Å². The minimum atomic E-state index is -3.34. The molecule has 134 valence electrons. The molecular weight excluding hydrogens is 364 g/mol. The summed E-state index contributed by atoms with van der Waals surface area (Å²) in [6, 6.07) is 12.1. The number of rotatable bonds is 5. The highest BCUT2D eigenvalue weighted by atomic mass is 35.5. The fourth-order valence-corrected chi connectivity index (χ4v) is 3.46. The Morgan fingerprint density at radius 2 is 1.88 bits per heavy atom. The van der Waals surface area contributed by atoms with Crippen LogP contribution in [-0.4, -0.2) is 25.9 Å². The topological polar surface area (TPSA) is 102 Å². The number of hydrogen-bond acceptors (Lipinski definition) is 6. The average Bonchev–Trinajstić information content (AvgIpc) is 2.98. The number of halogens is 1. The minimum Gasteiger partial charge on any atom is -0.508 e. The third kappa shape index (κ3) is 4.76. The van der Waals surface area contributed by atoms with E-state index in [1.165, 1.54) is 0 Å². The van der Waals surface area contributed by atoms with Crippen molar-refractivity contribution >= 4 is 33.0 Å². The third-order valence-electron chi connectivity index (χ3n) is 3.80. The molecule has 1 aliphatic rings. The van der Waals surface area contributed by atoms with Gasteiger partial charge in [0.25, 0.3) is 0 Å². The van der Waals surface area contributed by atoms with Gasteiger partial charge in [-0.3, -0.25) is 4.72 Å². The van der Waals surface area contributed by atoms with Gasteiger partial charge in [0.2, 0.25) is 10.0 Å². The maximum absolute atomic E-state index is 11.3. The molecule has 7 nitrogen and oxygen atoms in total. The van der Waals surface area contributed by atoms with E-state index in [0.717, 1.165) is 18.2 Å². The average molecular weight is 383 g/mol. The van der Waals surface area contributed by atoms with Gasteiger partial charge in [-0.2, -0.15) is 0 Å². The molecule has 0 aliphatic carbocycles. The van der Waals surface area contributed by atoms with Gasteiger partial charge >= 0.3 is 0 Å². The maximum atomic E-state index is 11.3. The van der Waals surface area contributed by atoms with Gasteiger partial charge < -0.3 is 10.4 Å². The maximum Gasteiger partial charge on any atom is 0.229 e. The lowest BCUT2D eigenvalue weighted by Crippen LogP contribution is -2.35. The van der Waals surface area contributed by atoms with E-state index in [4.69, 9.17) is 11.6 Å². The fourth-order valence-electron chi connectivity index (χ4n) is 2.67. The molecule has 0 saturated carbocycles. The van der Waals surface area contributed by atoms with Crippen LogP contribution in [0.25, 0.3) is 0 Å². The molecule has 2 atom stereocenters. The molecular formula is C16H19ClN4O3S. The Morgan fingerprint density at radius 3 is 2.52 bits per heavy atom. The molecule has 5 N–H and O–H groups in total. The molecule has 2 aromatic rings. The first-order valence-electron chi connectivity index (χ1n) is 7.64. The van der Waals surface area contributed by atoms with Crippen LogP contribution in [0.1, 0.15) is 18.0 Å². The Morgan fingerprint density at radius 1 is 1.16 bits per heavy atom. The standard InChI is InChI=1S/C16H19ClN4O3S/c1-25(23,24)21-11-4-7-14(13(17)8-11)18-16-9-15(19-20-16)10-2-5-12(22)6-3-10/h2-8,15-16,18-22H,9H2,1H3. The summed E-state index contributed by atoms with van der Waals surface area (Å²) in [5.74, 6) is 0.235. The summed E-state index contributed by atoms with van der Waals surface area (Å²) in [6.07, 6.45) is 1.81. The molecule has 1 heterocycles. The minimum absolute atomic E-state index is 0.0509. The molecule has 0 spiro atoms. The highest BCUT2D eigenvalue weighted by molar-refractivity contribution is 7.92. The number of anilines is 2. The monoisotopic (exact) mass is 382 g/mol. The summed E-state index contributed by atoms with van der Waals surface area (Å²) < 4.78 is 24.9. The largest absolute Gasteiger partial charge is 0.508 e. The molecule has 25 heavy (non-hydrogen) atoms. The zero-order valence-corrected chi connectivity index (χ0v) is 15.0. The van der Waals surface area contributed by atoms with Crippen molar-refractivity contribution < 1.29 is 13.5 Å². The van der Waals surface area contributed by atoms with Crippen LogP contribution in [-0.2, 0) is 10.0 Å². The van der Waals surface area contributed by atoms with E-state index >= 15 is 0 Å². The smallest absolute Gasteiger partial charge is 0.229 e. The van der Waals surface area contributed by atoms with E-state index < -0.39 is 10.0 Å². The molecule has 0 radical (unpaired) electrons. The molecule has 9 heteroatoms. The lowest BCUT2D eigenvalue weighted by atomic mass is 10.0. The summed E-state index contributed by atoms with van der Waals surface area (Å²) in [5, 5.41) is 13.1. The Labute approximate surface area is 151 Å². The number of hydrogen-bond donors (Lipinski definition) is 5. The second-order valence-electron chi connectivity index (χ2n) is 5.93. The van der Waals surface area contributed by atoms with E-state index in [9.17, 15) is 13.5 Å². The first-order chi connectivity index (χ1) is 11.8. The van der Waals surface area contributed by atoms with Gasteiger partial charge in [-0.05, 0) is 35.9 Å². The SMILES string of the molecule is CS(=O)(=O)Nc1ccc(NC2CC(c3ccc(O)cc3)NN2)c(Cl)c1. The third-order valence-corrected chi connectivity index (χ3v) is 4.72. The molecule has 1 fully saturated rings. The van der Waals surface area contributed by atoms with Crippen LogP contribution in [0.3, 0.4) is 0 Å². The summed E-state index contributed by atoms with van der Waals surface area (Å²) in [7, 11) is -3.34. The van der Waals surface area contributed by atoms with E-state index in [1.807, 2.05) is 12.1 Å². The van der Waals surface area contributed by atoms with Gasteiger partial charge in [0, 0.05) is 12.5 Å². The molecule has 2 aromatic carbocycles. The number of nitrogens with one attached hydrogen (secondary N) is 4. The van der Waals surface area contributed by atoms with Crippen molar-refractivity contribution in [2.24, 2.45) is 0 Å². The zero-order chi connectivity index (χ0) is 18.0. The van der Waals surface area contributed by atoms with E-state index in [1.54, 1.807) is 30.3 Å². The van der Waals surface area contributed by atoms with Crippen molar-refractivity contribution in [2.45, 2.75) is 18.6 Å². The predicted molar refractivity (Wildman–Crippen MR) is 99.1 cm³/mol. The number of phenolic OH excluding ortho intramolecular Hbond substituents is 1. The van der Waals surface area contributed by atoms with Crippen LogP contribution < -0.4 is 20.9 Å². The molecule has 1 saturated heterocycles. The van der Waals surface area contributed by atoms with Crippen LogP contribution in [0.15, 0.2) is 42.5 Å². The normalized spacial score (nSPS) is 20.4. The van der Waals surface area contributed by atoms with E-state index in [-0.39, 0.29) is 18.0 Å². The molecule has 0 bridgehead atoms. The van der Waals surface area contributed by atoms with Crippen molar-refractivity contribution in [3.8, 4) is 5.75 Å². The Balaban J connectivity index is 1.64.